The Balaban J connectivity index is 1.51. The van der Waals surface area contributed by atoms with Crippen molar-refractivity contribution in [3.63, 3.8) is 0 Å². The summed E-state index contributed by atoms with van der Waals surface area (Å²) in [5.41, 5.74) is 2.30. The van der Waals surface area contributed by atoms with Crippen LogP contribution in [-0.4, -0.2) is 53.7 Å². The standard InChI is InChI=1S/C22H25N3O3/c1-17(26)23-20-9-5-8-19(16-20)22(28)25-14-12-24(13-15-25)21(27)11-10-18-6-3-2-4-7-18/h2-9,16H,10-15H2,1H3,(H,23,26). The van der Waals surface area contributed by atoms with Crippen LogP contribution >= 0.6 is 0 Å². The number of hydrogen-bond acceptors (Lipinski definition) is 3. The van der Waals surface area contributed by atoms with Crippen molar-refractivity contribution in [2.75, 3.05) is 31.5 Å². The molecule has 0 spiro atoms. The fourth-order valence-corrected chi connectivity index (χ4v) is 3.33. The van der Waals surface area contributed by atoms with E-state index in [1.807, 2.05) is 35.2 Å². The van der Waals surface area contributed by atoms with E-state index in [1.165, 1.54) is 6.92 Å². The molecule has 1 aliphatic heterocycles. The van der Waals surface area contributed by atoms with Crippen LogP contribution in [0.15, 0.2) is 54.6 Å². The van der Waals surface area contributed by atoms with Crippen LogP contribution in [0.5, 0.6) is 0 Å². The van der Waals surface area contributed by atoms with Gasteiger partial charge in [0.1, 0.15) is 0 Å². The molecule has 1 heterocycles. The van der Waals surface area contributed by atoms with Crippen LogP contribution in [0.3, 0.4) is 0 Å². The normalized spacial score (nSPS) is 13.9. The largest absolute Gasteiger partial charge is 0.339 e. The van der Waals surface area contributed by atoms with Gasteiger partial charge >= 0.3 is 0 Å². The van der Waals surface area contributed by atoms with Gasteiger partial charge in [0, 0.05) is 50.8 Å². The minimum Gasteiger partial charge on any atom is -0.339 e. The minimum absolute atomic E-state index is 0.0800. The molecule has 6 nitrogen and oxygen atoms in total. The quantitative estimate of drug-likeness (QED) is 0.868. The van der Waals surface area contributed by atoms with Gasteiger partial charge in [0.25, 0.3) is 5.91 Å². The van der Waals surface area contributed by atoms with E-state index in [0.717, 1.165) is 12.0 Å². The number of anilines is 1. The van der Waals surface area contributed by atoms with E-state index in [0.29, 0.717) is 43.9 Å². The van der Waals surface area contributed by atoms with Crippen molar-refractivity contribution in [3.05, 3.63) is 65.7 Å². The number of aryl methyl sites for hydroxylation is 1. The molecule has 6 heteroatoms. The molecule has 3 amide bonds. The number of piperazine rings is 1. The van der Waals surface area contributed by atoms with Gasteiger partial charge in [0.15, 0.2) is 0 Å². The topological polar surface area (TPSA) is 69.7 Å². The summed E-state index contributed by atoms with van der Waals surface area (Å²) in [6, 6.07) is 16.9. The van der Waals surface area contributed by atoms with Crippen molar-refractivity contribution in [2.24, 2.45) is 0 Å². The third kappa shape index (κ3) is 5.19. The summed E-state index contributed by atoms with van der Waals surface area (Å²) in [6.07, 6.45) is 1.21. The molecule has 0 atom stereocenters. The summed E-state index contributed by atoms with van der Waals surface area (Å²) < 4.78 is 0. The molecule has 2 aromatic carbocycles. The van der Waals surface area contributed by atoms with Crippen molar-refractivity contribution >= 4 is 23.4 Å². The van der Waals surface area contributed by atoms with Crippen LogP contribution in [0.1, 0.15) is 29.3 Å². The van der Waals surface area contributed by atoms with Crippen LogP contribution in [-0.2, 0) is 16.0 Å². The van der Waals surface area contributed by atoms with E-state index in [-0.39, 0.29) is 17.7 Å². The van der Waals surface area contributed by atoms with E-state index in [4.69, 9.17) is 0 Å². The van der Waals surface area contributed by atoms with Gasteiger partial charge in [-0.3, -0.25) is 14.4 Å². The molecule has 28 heavy (non-hydrogen) atoms. The summed E-state index contributed by atoms with van der Waals surface area (Å²) in [7, 11) is 0. The van der Waals surface area contributed by atoms with Crippen LogP contribution in [0.2, 0.25) is 0 Å². The molecule has 0 aliphatic carbocycles. The predicted octanol–water partition coefficient (Wildman–Crippen LogP) is 2.56. The number of amides is 3. The second-order valence-electron chi connectivity index (χ2n) is 6.92. The number of benzene rings is 2. The zero-order chi connectivity index (χ0) is 19.9. The minimum atomic E-state index is -0.174. The lowest BCUT2D eigenvalue weighted by molar-refractivity contribution is -0.132. The Bertz CT molecular complexity index is 843. The highest BCUT2D eigenvalue weighted by Crippen LogP contribution is 2.15. The van der Waals surface area contributed by atoms with Crippen LogP contribution in [0.25, 0.3) is 0 Å². The van der Waals surface area contributed by atoms with E-state index in [2.05, 4.69) is 5.32 Å². The average Bonchev–Trinajstić information content (AvgIpc) is 2.72. The lowest BCUT2D eigenvalue weighted by Crippen LogP contribution is -2.50. The van der Waals surface area contributed by atoms with Gasteiger partial charge < -0.3 is 15.1 Å². The van der Waals surface area contributed by atoms with Gasteiger partial charge in [-0.25, -0.2) is 0 Å². The zero-order valence-corrected chi connectivity index (χ0v) is 16.1. The van der Waals surface area contributed by atoms with Gasteiger partial charge in [0.05, 0.1) is 0 Å². The number of hydrogen-bond donors (Lipinski definition) is 1. The predicted molar refractivity (Wildman–Crippen MR) is 108 cm³/mol. The first-order valence-electron chi connectivity index (χ1n) is 9.51. The molecule has 3 rings (SSSR count). The maximum absolute atomic E-state index is 12.7. The summed E-state index contributed by atoms with van der Waals surface area (Å²) in [5.74, 6) is -0.126. The monoisotopic (exact) mass is 379 g/mol. The van der Waals surface area contributed by atoms with Crippen molar-refractivity contribution in [1.82, 2.24) is 9.80 Å². The molecule has 0 radical (unpaired) electrons. The van der Waals surface area contributed by atoms with E-state index in [9.17, 15) is 14.4 Å². The van der Waals surface area contributed by atoms with Crippen LogP contribution < -0.4 is 5.32 Å². The van der Waals surface area contributed by atoms with Gasteiger partial charge in [-0.2, -0.15) is 0 Å². The Morgan fingerprint density at radius 1 is 0.893 bits per heavy atom. The highest BCUT2D eigenvalue weighted by Gasteiger charge is 2.24. The lowest BCUT2D eigenvalue weighted by atomic mass is 10.1. The lowest BCUT2D eigenvalue weighted by Gasteiger charge is -2.35. The van der Waals surface area contributed by atoms with Gasteiger partial charge in [-0.05, 0) is 30.2 Å². The average molecular weight is 379 g/mol. The summed E-state index contributed by atoms with van der Waals surface area (Å²) >= 11 is 0. The Morgan fingerprint density at radius 3 is 2.25 bits per heavy atom. The van der Waals surface area contributed by atoms with Crippen molar-refractivity contribution < 1.29 is 14.4 Å². The molecule has 0 aromatic heterocycles. The van der Waals surface area contributed by atoms with Crippen LogP contribution in [0, 0.1) is 0 Å². The Hall–Kier alpha value is -3.15. The smallest absolute Gasteiger partial charge is 0.254 e. The first-order chi connectivity index (χ1) is 13.5. The molecule has 1 saturated heterocycles. The number of nitrogens with one attached hydrogen (secondary N) is 1. The summed E-state index contributed by atoms with van der Waals surface area (Å²) in [4.78, 5) is 40.0. The number of nitrogens with zero attached hydrogens (tertiary/aromatic N) is 2. The Morgan fingerprint density at radius 2 is 1.57 bits per heavy atom. The van der Waals surface area contributed by atoms with Gasteiger partial charge in [-0.15, -0.1) is 0 Å². The first-order valence-corrected chi connectivity index (χ1v) is 9.51. The van der Waals surface area contributed by atoms with Crippen LogP contribution in [0.4, 0.5) is 5.69 Å². The molecule has 1 fully saturated rings. The fourth-order valence-electron chi connectivity index (χ4n) is 3.33. The zero-order valence-electron chi connectivity index (χ0n) is 16.1. The summed E-state index contributed by atoms with van der Waals surface area (Å²) in [5, 5.41) is 2.69. The number of carbonyl (C=O) groups is 3. The van der Waals surface area contributed by atoms with Gasteiger partial charge in [0.2, 0.25) is 11.8 Å². The second kappa shape index (κ2) is 9.17. The third-order valence-electron chi connectivity index (χ3n) is 4.82. The van der Waals surface area contributed by atoms with E-state index < -0.39 is 0 Å². The molecule has 0 bridgehead atoms. The molecular weight excluding hydrogens is 354 g/mol. The molecule has 1 aliphatic rings. The van der Waals surface area contributed by atoms with Crippen molar-refractivity contribution in [2.45, 2.75) is 19.8 Å². The van der Waals surface area contributed by atoms with E-state index >= 15 is 0 Å². The Labute approximate surface area is 165 Å². The molecule has 2 aromatic rings. The number of carbonyl (C=O) groups excluding carboxylic acids is 3. The Kier molecular flexibility index (Phi) is 6.42. The molecular formula is C22H25N3O3. The van der Waals surface area contributed by atoms with Gasteiger partial charge in [-0.1, -0.05) is 36.4 Å². The third-order valence-corrected chi connectivity index (χ3v) is 4.82. The second-order valence-corrected chi connectivity index (χ2v) is 6.92. The highest BCUT2D eigenvalue weighted by molar-refractivity contribution is 5.97. The van der Waals surface area contributed by atoms with Crippen molar-refractivity contribution in [1.29, 1.82) is 0 Å². The fraction of sp³-hybridized carbons (Fsp3) is 0.318. The number of rotatable bonds is 5. The molecule has 146 valence electrons. The highest BCUT2D eigenvalue weighted by atomic mass is 16.2. The summed E-state index contributed by atoms with van der Waals surface area (Å²) in [6.45, 7) is 3.55. The molecule has 1 N–H and O–H groups in total. The van der Waals surface area contributed by atoms with Crippen molar-refractivity contribution in [3.8, 4) is 0 Å². The first kappa shape index (κ1) is 19.6. The maximum atomic E-state index is 12.7. The molecule has 0 unspecified atom stereocenters. The SMILES string of the molecule is CC(=O)Nc1cccc(C(=O)N2CCN(C(=O)CCc3ccccc3)CC2)c1. The maximum Gasteiger partial charge on any atom is 0.254 e. The van der Waals surface area contributed by atoms with E-state index in [1.54, 1.807) is 29.2 Å². The molecule has 0 saturated carbocycles.